The first-order valence-corrected chi connectivity index (χ1v) is 5.04. The average Bonchev–Trinajstić information content (AvgIpc) is 2.39. The Hall–Kier alpha value is -1.57. The maximum Gasteiger partial charge on any atom is 0.328 e. The molecule has 0 spiro atoms. The Bertz CT molecular complexity index is 442. The number of hydrogen-bond acceptors (Lipinski definition) is 1. The van der Waals surface area contributed by atoms with Crippen LogP contribution in [0.2, 0.25) is 0 Å². The normalized spacial score (nSPS) is 20.3. The maximum absolute atomic E-state index is 10.7. The predicted molar refractivity (Wildman–Crippen MR) is 59.7 cm³/mol. The van der Waals surface area contributed by atoms with Gasteiger partial charge in [0.05, 0.1) is 0 Å². The highest BCUT2D eigenvalue weighted by Gasteiger charge is 2.32. The predicted octanol–water partition coefficient (Wildman–Crippen LogP) is 2.84. The number of allylic oxidation sites excluding steroid dienone is 1. The molecule has 0 radical (unpaired) electrons. The van der Waals surface area contributed by atoms with E-state index in [1.807, 2.05) is 18.2 Å². The van der Waals surface area contributed by atoms with Gasteiger partial charge in [-0.15, -0.1) is 0 Å². The van der Waals surface area contributed by atoms with Gasteiger partial charge in [0.25, 0.3) is 0 Å². The molecule has 0 aliphatic heterocycles. The number of fused-ring (bicyclic) bond motifs is 1. The molecular formula is C13H14O2. The molecule has 0 amide bonds. The molecule has 2 heteroatoms. The molecule has 0 bridgehead atoms. The van der Waals surface area contributed by atoms with Crippen molar-refractivity contribution in [1.82, 2.24) is 0 Å². The molecule has 1 aliphatic carbocycles. The summed E-state index contributed by atoms with van der Waals surface area (Å²) < 4.78 is 0. The van der Waals surface area contributed by atoms with Gasteiger partial charge in [-0.05, 0) is 28.5 Å². The van der Waals surface area contributed by atoms with E-state index in [-0.39, 0.29) is 5.41 Å². The third-order valence-electron chi connectivity index (χ3n) is 2.93. The van der Waals surface area contributed by atoms with E-state index >= 15 is 0 Å². The summed E-state index contributed by atoms with van der Waals surface area (Å²) in [5.41, 5.74) is 3.32. The summed E-state index contributed by atoms with van der Waals surface area (Å²) in [6, 6.07) is 8.04. The van der Waals surface area contributed by atoms with E-state index in [2.05, 4.69) is 19.9 Å². The summed E-state index contributed by atoms with van der Waals surface area (Å²) in [6.45, 7) is 4.29. The molecule has 78 valence electrons. The quantitative estimate of drug-likeness (QED) is 0.711. The van der Waals surface area contributed by atoms with Crippen LogP contribution >= 0.6 is 0 Å². The van der Waals surface area contributed by atoms with Crippen LogP contribution in [0, 0.1) is 0 Å². The number of benzene rings is 1. The fourth-order valence-electron chi connectivity index (χ4n) is 2.30. The van der Waals surface area contributed by atoms with E-state index in [0.717, 1.165) is 17.6 Å². The van der Waals surface area contributed by atoms with Crippen molar-refractivity contribution < 1.29 is 9.90 Å². The average molecular weight is 202 g/mol. The van der Waals surface area contributed by atoms with E-state index in [4.69, 9.17) is 5.11 Å². The summed E-state index contributed by atoms with van der Waals surface area (Å²) >= 11 is 0. The summed E-state index contributed by atoms with van der Waals surface area (Å²) in [4.78, 5) is 10.7. The van der Waals surface area contributed by atoms with Crippen molar-refractivity contribution in [2.24, 2.45) is 0 Å². The van der Waals surface area contributed by atoms with Crippen LogP contribution in [0.3, 0.4) is 0 Å². The number of hydrogen-bond donors (Lipinski definition) is 1. The molecule has 0 unspecified atom stereocenters. The van der Waals surface area contributed by atoms with Gasteiger partial charge < -0.3 is 5.11 Å². The van der Waals surface area contributed by atoms with Gasteiger partial charge in [0.15, 0.2) is 0 Å². The molecule has 0 saturated heterocycles. The zero-order valence-electron chi connectivity index (χ0n) is 8.95. The SMILES string of the molecule is CC1(C)CC(=CC(=O)O)c2ccccc21. The molecule has 0 saturated carbocycles. The van der Waals surface area contributed by atoms with Gasteiger partial charge in [0.2, 0.25) is 0 Å². The standard InChI is InChI=1S/C13H14O2/c1-13(2)8-9(7-12(14)15)10-5-3-4-6-11(10)13/h3-7H,8H2,1-2H3,(H,14,15). The smallest absolute Gasteiger partial charge is 0.328 e. The van der Waals surface area contributed by atoms with Crippen molar-refractivity contribution in [3.8, 4) is 0 Å². The van der Waals surface area contributed by atoms with E-state index in [1.54, 1.807) is 0 Å². The highest BCUT2D eigenvalue weighted by Crippen LogP contribution is 2.44. The lowest BCUT2D eigenvalue weighted by atomic mass is 9.86. The van der Waals surface area contributed by atoms with Crippen LogP contribution in [0.1, 0.15) is 31.4 Å². The van der Waals surface area contributed by atoms with E-state index in [9.17, 15) is 4.79 Å². The Labute approximate surface area is 89.2 Å². The fraction of sp³-hybridized carbons (Fsp3) is 0.308. The van der Waals surface area contributed by atoms with Crippen molar-refractivity contribution >= 4 is 11.5 Å². The first kappa shape index (κ1) is 9.97. The van der Waals surface area contributed by atoms with Gasteiger partial charge in [0, 0.05) is 6.08 Å². The van der Waals surface area contributed by atoms with E-state index < -0.39 is 5.97 Å². The molecule has 1 N–H and O–H groups in total. The van der Waals surface area contributed by atoms with Crippen LogP contribution in [-0.2, 0) is 10.2 Å². The van der Waals surface area contributed by atoms with Gasteiger partial charge in [-0.3, -0.25) is 0 Å². The monoisotopic (exact) mass is 202 g/mol. The van der Waals surface area contributed by atoms with Gasteiger partial charge in [-0.2, -0.15) is 0 Å². The first-order chi connectivity index (χ1) is 7.00. The lowest BCUT2D eigenvalue weighted by Crippen LogP contribution is -2.11. The first-order valence-electron chi connectivity index (χ1n) is 5.04. The van der Waals surface area contributed by atoms with Crippen molar-refractivity contribution in [3.05, 3.63) is 41.5 Å². The molecule has 15 heavy (non-hydrogen) atoms. The minimum Gasteiger partial charge on any atom is -0.478 e. The minimum atomic E-state index is -0.863. The second-order valence-corrected chi connectivity index (χ2v) is 4.61. The number of aliphatic carboxylic acids is 1. The fourth-order valence-corrected chi connectivity index (χ4v) is 2.30. The molecule has 2 nitrogen and oxygen atoms in total. The number of carboxylic acid groups (broad SMARTS) is 1. The van der Waals surface area contributed by atoms with Gasteiger partial charge >= 0.3 is 5.97 Å². The van der Waals surface area contributed by atoms with Crippen LogP contribution in [0.25, 0.3) is 5.57 Å². The minimum absolute atomic E-state index is 0.0534. The second-order valence-electron chi connectivity index (χ2n) is 4.61. The Morgan fingerprint density at radius 1 is 1.40 bits per heavy atom. The molecule has 1 aromatic carbocycles. The molecule has 1 aliphatic rings. The van der Waals surface area contributed by atoms with Gasteiger partial charge in [-0.25, -0.2) is 4.79 Å². The number of rotatable bonds is 1. The highest BCUT2D eigenvalue weighted by atomic mass is 16.4. The highest BCUT2D eigenvalue weighted by molar-refractivity contribution is 5.92. The summed E-state index contributed by atoms with van der Waals surface area (Å²) in [7, 11) is 0. The van der Waals surface area contributed by atoms with Gasteiger partial charge in [-0.1, -0.05) is 38.1 Å². The Kier molecular flexibility index (Phi) is 2.14. The Morgan fingerprint density at radius 2 is 2.07 bits per heavy atom. The van der Waals surface area contributed by atoms with Crippen LogP contribution in [0.4, 0.5) is 0 Å². The maximum atomic E-state index is 10.7. The van der Waals surface area contributed by atoms with E-state index in [1.165, 1.54) is 11.6 Å². The summed E-state index contributed by atoms with van der Waals surface area (Å²) in [5.74, 6) is -0.863. The second kappa shape index (κ2) is 3.23. The number of carbonyl (C=O) groups is 1. The molecule has 0 heterocycles. The zero-order chi connectivity index (χ0) is 11.1. The summed E-state index contributed by atoms with van der Waals surface area (Å²) in [5, 5.41) is 8.79. The topological polar surface area (TPSA) is 37.3 Å². The lowest BCUT2D eigenvalue weighted by Gasteiger charge is -2.17. The molecule has 2 rings (SSSR count). The Balaban J connectivity index is 2.57. The molecular weight excluding hydrogens is 188 g/mol. The third kappa shape index (κ3) is 1.67. The van der Waals surface area contributed by atoms with Crippen molar-refractivity contribution in [3.63, 3.8) is 0 Å². The third-order valence-corrected chi connectivity index (χ3v) is 2.93. The van der Waals surface area contributed by atoms with Gasteiger partial charge in [0.1, 0.15) is 0 Å². The molecule has 0 atom stereocenters. The van der Waals surface area contributed by atoms with Crippen LogP contribution in [0.5, 0.6) is 0 Å². The summed E-state index contributed by atoms with van der Waals surface area (Å²) in [6.07, 6.45) is 2.13. The molecule has 0 aromatic heterocycles. The lowest BCUT2D eigenvalue weighted by molar-refractivity contribution is -0.131. The largest absolute Gasteiger partial charge is 0.478 e. The van der Waals surface area contributed by atoms with Crippen molar-refractivity contribution in [1.29, 1.82) is 0 Å². The Morgan fingerprint density at radius 3 is 2.73 bits per heavy atom. The van der Waals surface area contributed by atoms with Crippen LogP contribution < -0.4 is 0 Å². The number of carboxylic acids is 1. The molecule has 1 aromatic rings. The van der Waals surface area contributed by atoms with Crippen LogP contribution in [0.15, 0.2) is 30.3 Å². The zero-order valence-corrected chi connectivity index (χ0v) is 8.95. The van der Waals surface area contributed by atoms with Crippen molar-refractivity contribution in [2.75, 3.05) is 0 Å². The van der Waals surface area contributed by atoms with Crippen molar-refractivity contribution in [2.45, 2.75) is 25.7 Å². The molecule has 0 fully saturated rings. The van der Waals surface area contributed by atoms with E-state index in [0.29, 0.717) is 0 Å². The van der Waals surface area contributed by atoms with Crippen LogP contribution in [-0.4, -0.2) is 11.1 Å².